The Kier molecular flexibility index (Phi) is 4.88. The Morgan fingerprint density at radius 2 is 1.87 bits per heavy atom. The van der Waals surface area contributed by atoms with Crippen molar-refractivity contribution in [2.75, 3.05) is 6.54 Å². The van der Waals surface area contributed by atoms with Gasteiger partial charge in [0.2, 0.25) is 0 Å². The molecule has 0 fully saturated rings. The number of nitrogens with one attached hydrogen (secondary N) is 2. The molecule has 5 nitrogen and oxygen atoms in total. The summed E-state index contributed by atoms with van der Waals surface area (Å²) in [6, 6.07) is 14.1. The first kappa shape index (κ1) is 15.1. The molecule has 2 amide bonds. The van der Waals surface area contributed by atoms with Crippen LogP contribution in [0, 0.1) is 0 Å². The second kappa shape index (κ2) is 7.45. The zero-order valence-corrected chi connectivity index (χ0v) is 12.9. The van der Waals surface area contributed by atoms with Crippen molar-refractivity contribution in [2.45, 2.75) is 19.5 Å². The predicted molar refractivity (Wildman–Crippen MR) is 91.0 cm³/mol. The summed E-state index contributed by atoms with van der Waals surface area (Å²) in [5.74, 6) is 0. The highest BCUT2D eigenvalue weighted by Gasteiger charge is 2.02. The zero-order chi connectivity index (χ0) is 15.9. The molecule has 0 atom stereocenters. The average Bonchev–Trinajstić information content (AvgIpc) is 3.01. The Hall–Kier alpha value is -2.82. The number of carbonyl (C=O) groups is 1. The van der Waals surface area contributed by atoms with Crippen LogP contribution in [0.1, 0.15) is 12.0 Å². The van der Waals surface area contributed by atoms with E-state index in [1.54, 1.807) is 12.4 Å². The van der Waals surface area contributed by atoms with Crippen LogP contribution in [0.5, 0.6) is 0 Å². The second-order valence-electron chi connectivity index (χ2n) is 5.39. The summed E-state index contributed by atoms with van der Waals surface area (Å²) in [5, 5.41) is 6.97. The van der Waals surface area contributed by atoms with E-state index in [0.29, 0.717) is 13.1 Å². The van der Waals surface area contributed by atoms with Gasteiger partial charge in [-0.1, -0.05) is 18.2 Å². The number of para-hydroxylation sites is 1. The number of carbonyl (C=O) groups excluding carboxylic acids is 1. The number of amides is 2. The van der Waals surface area contributed by atoms with Gasteiger partial charge in [0.15, 0.2) is 0 Å². The van der Waals surface area contributed by atoms with Crippen LogP contribution in [0.15, 0.2) is 61.1 Å². The van der Waals surface area contributed by atoms with Gasteiger partial charge in [0.1, 0.15) is 0 Å². The summed E-state index contributed by atoms with van der Waals surface area (Å²) in [4.78, 5) is 15.7. The molecule has 3 rings (SSSR count). The minimum atomic E-state index is -0.140. The molecular weight excluding hydrogens is 288 g/mol. The van der Waals surface area contributed by atoms with Crippen molar-refractivity contribution in [3.8, 4) is 0 Å². The van der Waals surface area contributed by atoms with E-state index < -0.39 is 0 Å². The first-order valence-electron chi connectivity index (χ1n) is 7.77. The van der Waals surface area contributed by atoms with Gasteiger partial charge in [-0.25, -0.2) is 4.79 Å². The van der Waals surface area contributed by atoms with Crippen LogP contribution < -0.4 is 10.6 Å². The van der Waals surface area contributed by atoms with E-state index in [1.165, 1.54) is 10.9 Å². The standard InChI is InChI=1S/C18H20N4O/c23-18(21-14-15-6-10-19-11-7-15)20-9-3-12-22-13-8-16-4-1-2-5-17(16)22/h1-2,4-8,10-11,13H,3,9,12,14H2,(H2,20,21,23). The van der Waals surface area contributed by atoms with Crippen molar-refractivity contribution < 1.29 is 4.79 Å². The second-order valence-corrected chi connectivity index (χ2v) is 5.39. The summed E-state index contributed by atoms with van der Waals surface area (Å²) >= 11 is 0. The highest BCUT2D eigenvalue weighted by molar-refractivity contribution is 5.79. The van der Waals surface area contributed by atoms with Gasteiger partial charge in [-0.15, -0.1) is 0 Å². The third-order valence-corrected chi connectivity index (χ3v) is 3.74. The Morgan fingerprint density at radius 3 is 2.74 bits per heavy atom. The fourth-order valence-electron chi connectivity index (χ4n) is 2.53. The first-order chi connectivity index (χ1) is 11.3. The molecule has 0 aliphatic carbocycles. The monoisotopic (exact) mass is 308 g/mol. The maximum atomic E-state index is 11.7. The molecule has 2 heterocycles. The van der Waals surface area contributed by atoms with Crippen LogP contribution in [0.2, 0.25) is 0 Å². The number of rotatable bonds is 6. The van der Waals surface area contributed by atoms with Crippen LogP contribution in [0.3, 0.4) is 0 Å². The largest absolute Gasteiger partial charge is 0.347 e. The minimum absolute atomic E-state index is 0.140. The maximum Gasteiger partial charge on any atom is 0.315 e. The van der Waals surface area contributed by atoms with E-state index in [9.17, 15) is 4.79 Å². The molecule has 0 saturated heterocycles. The molecule has 118 valence electrons. The van der Waals surface area contributed by atoms with E-state index in [2.05, 4.69) is 44.6 Å². The van der Waals surface area contributed by atoms with Gasteiger partial charge in [0.25, 0.3) is 0 Å². The van der Waals surface area contributed by atoms with Crippen LogP contribution in [-0.2, 0) is 13.1 Å². The molecule has 2 aromatic heterocycles. The highest BCUT2D eigenvalue weighted by Crippen LogP contribution is 2.15. The van der Waals surface area contributed by atoms with Gasteiger partial charge in [0, 0.05) is 43.7 Å². The summed E-state index contributed by atoms with van der Waals surface area (Å²) in [5.41, 5.74) is 2.27. The Bertz CT molecular complexity index is 767. The average molecular weight is 308 g/mol. The molecule has 0 aliphatic rings. The first-order valence-corrected chi connectivity index (χ1v) is 7.77. The lowest BCUT2D eigenvalue weighted by molar-refractivity contribution is 0.240. The van der Waals surface area contributed by atoms with E-state index in [4.69, 9.17) is 0 Å². The number of hydrogen-bond acceptors (Lipinski definition) is 2. The van der Waals surface area contributed by atoms with Crippen molar-refractivity contribution >= 4 is 16.9 Å². The van der Waals surface area contributed by atoms with Gasteiger partial charge >= 0.3 is 6.03 Å². The number of aryl methyl sites for hydroxylation is 1. The lowest BCUT2D eigenvalue weighted by Crippen LogP contribution is -2.35. The molecule has 0 radical (unpaired) electrons. The van der Waals surface area contributed by atoms with Crippen LogP contribution >= 0.6 is 0 Å². The van der Waals surface area contributed by atoms with Gasteiger partial charge in [-0.2, -0.15) is 0 Å². The zero-order valence-electron chi connectivity index (χ0n) is 12.9. The number of pyridine rings is 1. The maximum absolute atomic E-state index is 11.7. The normalized spacial score (nSPS) is 10.6. The fourth-order valence-corrected chi connectivity index (χ4v) is 2.53. The highest BCUT2D eigenvalue weighted by atomic mass is 16.2. The predicted octanol–water partition coefficient (Wildman–Crippen LogP) is 2.93. The van der Waals surface area contributed by atoms with Gasteiger partial charge in [-0.3, -0.25) is 4.98 Å². The van der Waals surface area contributed by atoms with Crippen molar-refractivity contribution in [3.05, 3.63) is 66.6 Å². The summed E-state index contributed by atoms with van der Waals surface area (Å²) in [6.07, 6.45) is 6.42. The minimum Gasteiger partial charge on any atom is -0.347 e. The Balaban J connectivity index is 1.39. The fraction of sp³-hybridized carbons (Fsp3) is 0.222. The molecule has 0 saturated carbocycles. The van der Waals surface area contributed by atoms with Crippen LogP contribution in [0.25, 0.3) is 10.9 Å². The SMILES string of the molecule is O=C(NCCCn1ccc2ccccc21)NCc1ccncc1. The topological polar surface area (TPSA) is 59.0 Å². The number of nitrogens with zero attached hydrogens (tertiary/aromatic N) is 2. The third-order valence-electron chi connectivity index (χ3n) is 3.74. The van der Waals surface area contributed by atoms with Crippen molar-refractivity contribution in [2.24, 2.45) is 0 Å². The molecule has 0 spiro atoms. The molecule has 0 unspecified atom stereocenters. The third kappa shape index (κ3) is 4.10. The van der Waals surface area contributed by atoms with E-state index >= 15 is 0 Å². The number of fused-ring (bicyclic) bond motifs is 1. The van der Waals surface area contributed by atoms with Gasteiger partial charge in [0.05, 0.1) is 0 Å². The van der Waals surface area contributed by atoms with Gasteiger partial charge in [-0.05, 0) is 41.6 Å². The molecule has 23 heavy (non-hydrogen) atoms. The van der Waals surface area contributed by atoms with Crippen molar-refractivity contribution in [1.29, 1.82) is 0 Å². The van der Waals surface area contributed by atoms with Gasteiger partial charge < -0.3 is 15.2 Å². The molecule has 0 bridgehead atoms. The number of aromatic nitrogens is 2. The molecule has 3 aromatic rings. The summed E-state index contributed by atoms with van der Waals surface area (Å²) in [6.45, 7) is 2.05. The van der Waals surface area contributed by atoms with Crippen LogP contribution in [0.4, 0.5) is 4.79 Å². The lowest BCUT2D eigenvalue weighted by atomic mass is 10.2. The Labute approximate surface area is 135 Å². The van der Waals surface area contributed by atoms with E-state index in [1.807, 2.05) is 24.3 Å². The number of hydrogen-bond donors (Lipinski definition) is 2. The molecule has 2 N–H and O–H groups in total. The van der Waals surface area contributed by atoms with Crippen molar-refractivity contribution in [1.82, 2.24) is 20.2 Å². The molecular formula is C18H20N4O. The van der Waals surface area contributed by atoms with Crippen LogP contribution in [-0.4, -0.2) is 22.1 Å². The number of urea groups is 1. The quantitative estimate of drug-likeness (QED) is 0.688. The summed E-state index contributed by atoms with van der Waals surface area (Å²) < 4.78 is 2.21. The molecule has 0 aliphatic heterocycles. The smallest absolute Gasteiger partial charge is 0.315 e. The van der Waals surface area contributed by atoms with Crippen molar-refractivity contribution in [3.63, 3.8) is 0 Å². The molecule has 5 heteroatoms. The van der Waals surface area contributed by atoms with E-state index in [-0.39, 0.29) is 6.03 Å². The van der Waals surface area contributed by atoms with E-state index in [0.717, 1.165) is 18.5 Å². The molecule has 1 aromatic carbocycles. The summed E-state index contributed by atoms with van der Waals surface area (Å²) in [7, 11) is 0. The number of benzene rings is 1. The Morgan fingerprint density at radius 1 is 1.04 bits per heavy atom. The lowest BCUT2D eigenvalue weighted by Gasteiger charge is -2.09.